The molecule has 0 bridgehead atoms. The third-order valence-corrected chi connectivity index (χ3v) is 4.95. The molecule has 0 radical (unpaired) electrons. The van der Waals surface area contributed by atoms with E-state index in [9.17, 15) is 4.79 Å². The van der Waals surface area contributed by atoms with Crippen LogP contribution >= 0.6 is 0 Å². The van der Waals surface area contributed by atoms with E-state index >= 15 is 0 Å². The third-order valence-electron chi connectivity index (χ3n) is 4.95. The Labute approximate surface area is 170 Å². The number of carbonyl (C=O) groups excluding carboxylic acids is 1. The Hall–Kier alpha value is -2.93. The molecule has 1 aliphatic rings. The van der Waals surface area contributed by atoms with Crippen LogP contribution in [0.25, 0.3) is 16.7 Å². The van der Waals surface area contributed by atoms with Crippen molar-refractivity contribution in [2.24, 2.45) is 5.92 Å². The Bertz CT molecular complexity index is 1050. The van der Waals surface area contributed by atoms with E-state index in [1.165, 1.54) is 0 Å². The average Bonchev–Trinajstić information content (AvgIpc) is 3.11. The second-order valence-electron chi connectivity index (χ2n) is 8.28. The summed E-state index contributed by atoms with van der Waals surface area (Å²) in [5.41, 5.74) is 2.48. The monoisotopic (exact) mass is 394 g/mol. The van der Waals surface area contributed by atoms with Gasteiger partial charge in [0.15, 0.2) is 0 Å². The molecule has 152 valence electrons. The van der Waals surface area contributed by atoms with E-state index in [-0.39, 0.29) is 17.2 Å². The number of fused-ring (bicyclic) bond motifs is 1. The minimum atomic E-state index is -0.0733. The number of pyridine rings is 1. The van der Waals surface area contributed by atoms with Crippen molar-refractivity contribution in [1.29, 1.82) is 0 Å². The molecule has 0 atom stereocenters. The van der Waals surface area contributed by atoms with Crippen LogP contribution in [0.15, 0.2) is 36.8 Å². The summed E-state index contributed by atoms with van der Waals surface area (Å²) >= 11 is 0. The number of hydrogen-bond acceptors (Lipinski definition) is 5. The fraction of sp³-hybridized carbons (Fsp3) is 0.409. The van der Waals surface area contributed by atoms with Gasteiger partial charge in [-0.2, -0.15) is 0 Å². The van der Waals surface area contributed by atoms with Gasteiger partial charge in [0.05, 0.1) is 36.9 Å². The molecule has 2 aromatic heterocycles. The molecule has 7 nitrogen and oxygen atoms in total. The number of amides is 1. The normalized spacial score (nSPS) is 14.6. The van der Waals surface area contributed by atoms with E-state index in [0.717, 1.165) is 33.9 Å². The zero-order valence-electron chi connectivity index (χ0n) is 17.2. The predicted molar refractivity (Wildman–Crippen MR) is 112 cm³/mol. The number of imidazole rings is 1. The van der Waals surface area contributed by atoms with Crippen LogP contribution in [0.2, 0.25) is 0 Å². The van der Waals surface area contributed by atoms with Crippen molar-refractivity contribution in [3.8, 4) is 11.6 Å². The standard InChI is InChI=1S/C22H26N4O3/c1-5-29-18-9-20(26-10-19(23-13-26)22(2,3)4)25-17-7-6-15(8-16(17)18)24-21(27)14-11-28-12-14/h6-10,13-14H,5,11-12H2,1-4H3,(H,24,27). The maximum absolute atomic E-state index is 12.2. The summed E-state index contributed by atoms with van der Waals surface area (Å²) in [5, 5.41) is 3.81. The molecule has 1 aliphatic heterocycles. The molecule has 1 aromatic carbocycles. The molecule has 29 heavy (non-hydrogen) atoms. The van der Waals surface area contributed by atoms with E-state index in [0.29, 0.717) is 19.8 Å². The highest BCUT2D eigenvalue weighted by Gasteiger charge is 2.26. The van der Waals surface area contributed by atoms with E-state index in [1.807, 2.05) is 42.0 Å². The molecule has 4 rings (SSSR count). The zero-order valence-corrected chi connectivity index (χ0v) is 17.2. The van der Waals surface area contributed by atoms with Gasteiger partial charge in [0.2, 0.25) is 5.91 Å². The van der Waals surface area contributed by atoms with E-state index in [1.54, 1.807) is 6.33 Å². The summed E-state index contributed by atoms with van der Waals surface area (Å²) < 4.78 is 12.9. The lowest BCUT2D eigenvalue weighted by molar-refractivity contribution is -0.133. The molecule has 3 aromatic rings. The van der Waals surface area contributed by atoms with Gasteiger partial charge in [0.25, 0.3) is 0 Å². The van der Waals surface area contributed by atoms with Gasteiger partial charge in [-0.05, 0) is 25.1 Å². The molecule has 3 heterocycles. The van der Waals surface area contributed by atoms with E-state index in [2.05, 4.69) is 31.1 Å². The third kappa shape index (κ3) is 3.96. The topological polar surface area (TPSA) is 78.3 Å². The first-order valence-electron chi connectivity index (χ1n) is 9.86. The van der Waals surface area contributed by atoms with E-state index < -0.39 is 0 Å². The average molecular weight is 394 g/mol. The highest BCUT2D eigenvalue weighted by Crippen LogP contribution is 2.30. The summed E-state index contributed by atoms with van der Waals surface area (Å²) in [7, 11) is 0. The van der Waals surface area contributed by atoms with Gasteiger partial charge in [-0.3, -0.25) is 9.36 Å². The smallest absolute Gasteiger partial charge is 0.232 e. The quantitative estimate of drug-likeness (QED) is 0.714. The van der Waals surface area contributed by atoms with Crippen LogP contribution in [0.5, 0.6) is 5.75 Å². The van der Waals surface area contributed by atoms with Gasteiger partial charge in [-0.15, -0.1) is 0 Å². The lowest BCUT2D eigenvalue weighted by Crippen LogP contribution is -2.38. The van der Waals surface area contributed by atoms with Crippen LogP contribution in [0, 0.1) is 5.92 Å². The first kappa shape index (κ1) is 19.4. The SMILES string of the molecule is CCOc1cc(-n2cnc(C(C)(C)C)c2)nc2ccc(NC(=O)C3COC3)cc12. The first-order chi connectivity index (χ1) is 13.8. The Balaban J connectivity index is 1.70. The Morgan fingerprint density at radius 2 is 2.10 bits per heavy atom. The van der Waals surface area contributed by atoms with Crippen LogP contribution in [0.3, 0.4) is 0 Å². The van der Waals surface area contributed by atoms with Gasteiger partial charge in [0, 0.05) is 28.8 Å². The molecular formula is C22H26N4O3. The highest BCUT2D eigenvalue weighted by molar-refractivity contribution is 5.96. The molecule has 0 spiro atoms. The summed E-state index contributed by atoms with van der Waals surface area (Å²) in [6.07, 6.45) is 3.78. The van der Waals surface area contributed by atoms with Crippen molar-refractivity contribution in [3.63, 3.8) is 0 Å². The summed E-state index contributed by atoms with van der Waals surface area (Å²) in [6, 6.07) is 7.57. The second kappa shape index (κ2) is 7.48. The van der Waals surface area contributed by atoms with Crippen molar-refractivity contribution in [2.75, 3.05) is 25.1 Å². The summed E-state index contributed by atoms with van der Waals surface area (Å²) in [5.74, 6) is 1.37. The Morgan fingerprint density at radius 3 is 2.72 bits per heavy atom. The van der Waals surface area contributed by atoms with Crippen LogP contribution in [0.4, 0.5) is 5.69 Å². The number of nitrogens with zero attached hydrogens (tertiary/aromatic N) is 3. The number of nitrogens with one attached hydrogen (secondary N) is 1. The van der Waals surface area contributed by atoms with Gasteiger partial charge in [0.1, 0.15) is 17.9 Å². The number of ether oxygens (including phenoxy) is 2. The lowest BCUT2D eigenvalue weighted by Gasteiger charge is -2.24. The van der Waals surface area contributed by atoms with Crippen molar-refractivity contribution >= 4 is 22.5 Å². The molecule has 1 fully saturated rings. The van der Waals surface area contributed by atoms with Crippen LogP contribution in [0.1, 0.15) is 33.4 Å². The van der Waals surface area contributed by atoms with Crippen molar-refractivity contribution in [1.82, 2.24) is 14.5 Å². The molecule has 0 aliphatic carbocycles. The Kier molecular flexibility index (Phi) is 5.00. The molecule has 0 unspecified atom stereocenters. The highest BCUT2D eigenvalue weighted by atomic mass is 16.5. The number of rotatable bonds is 5. The minimum absolute atomic E-state index is 0.0220. The van der Waals surface area contributed by atoms with Crippen LogP contribution in [-0.2, 0) is 14.9 Å². The largest absolute Gasteiger partial charge is 0.493 e. The number of anilines is 1. The van der Waals surface area contributed by atoms with Crippen molar-refractivity contribution in [3.05, 3.63) is 42.5 Å². The lowest BCUT2D eigenvalue weighted by atomic mass is 9.93. The van der Waals surface area contributed by atoms with Gasteiger partial charge in [-0.1, -0.05) is 20.8 Å². The van der Waals surface area contributed by atoms with E-state index in [4.69, 9.17) is 14.5 Å². The minimum Gasteiger partial charge on any atom is -0.493 e. The fourth-order valence-corrected chi connectivity index (χ4v) is 3.13. The molecule has 1 N–H and O–H groups in total. The second-order valence-corrected chi connectivity index (χ2v) is 8.28. The molecule has 1 saturated heterocycles. The number of carbonyl (C=O) groups is 1. The van der Waals surface area contributed by atoms with Crippen LogP contribution in [-0.4, -0.2) is 40.3 Å². The van der Waals surface area contributed by atoms with Gasteiger partial charge >= 0.3 is 0 Å². The predicted octanol–water partition coefficient (Wildman–Crippen LogP) is 3.70. The molecule has 1 amide bonds. The first-order valence-corrected chi connectivity index (χ1v) is 9.86. The Morgan fingerprint density at radius 1 is 1.31 bits per heavy atom. The maximum Gasteiger partial charge on any atom is 0.232 e. The number of benzene rings is 1. The van der Waals surface area contributed by atoms with Crippen LogP contribution < -0.4 is 10.1 Å². The molecule has 0 saturated carbocycles. The fourth-order valence-electron chi connectivity index (χ4n) is 3.13. The molecular weight excluding hydrogens is 368 g/mol. The van der Waals surface area contributed by atoms with Gasteiger partial charge < -0.3 is 14.8 Å². The number of aromatic nitrogens is 3. The van der Waals surface area contributed by atoms with Gasteiger partial charge in [-0.25, -0.2) is 9.97 Å². The molecule has 7 heteroatoms. The van der Waals surface area contributed by atoms with Crippen molar-refractivity contribution < 1.29 is 14.3 Å². The summed E-state index contributed by atoms with van der Waals surface area (Å²) in [4.78, 5) is 21.5. The number of hydrogen-bond donors (Lipinski definition) is 1. The van der Waals surface area contributed by atoms with Crippen molar-refractivity contribution in [2.45, 2.75) is 33.1 Å². The summed E-state index contributed by atoms with van der Waals surface area (Å²) in [6.45, 7) is 9.83. The maximum atomic E-state index is 12.2. The zero-order chi connectivity index (χ0) is 20.6.